The molecule has 1 aliphatic heterocycles. The predicted octanol–water partition coefficient (Wildman–Crippen LogP) is 3.19. The van der Waals surface area contributed by atoms with E-state index in [-0.39, 0.29) is 18.4 Å². The Kier molecular flexibility index (Phi) is 5.03. The van der Waals surface area contributed by atoms with Gasteiger partial charge in [-0.15, -0.1) is 0 Å². The maximum absolute atomic E-state index is 12.6. The van der Waals surface area contributed by atoms with E-state index in [1.165, 1.54) is 7.11 Å². The highest BCUT2D eigenvalue weighted by molar-refractivity contribution is 6.05. The fourth-order valence-corrected chi connectivity index (χ4v) is 3.68. The van der Waals surface area contributed by atoms with Crippen LogP contribution in [0.15, 0.2) is 54.7 Å². The number of fused-ring (bicyclic) bond motifs is 1. The number of carbonyl (C=O) groups is 3. The maximum atomic E-state index is 12.6. The van der Waals surface area contributed by atoms with Crippen molar-refractivity contribution >= 4 is 40.1 Å². The molecule has 0 spiro atoms. The lowest BCUT2D eigenvalue weighted by Gasteiger charge is -2.17. The molecule has 0 unspecified atom stereocenters. The van der Waals surface area contributed by atoms with Crippen LogP contribution in [0.2, 0.25) is 0 Å². The minimum absolute atomic E-state index is 0.0460. The van der Waals surface area contributed by atoms with Crippen molar-refractivity contribution < 1.29 is 19.1 Å². The monoisotopic (exact) mass is 391 g/mol. The Morgan fingerprint density at radius 1 is 1.14 bits per heavy atom. The van der Waals surface area contributed by atoms with E-state index in [0.29, 0.717) is 24.2 Å². The molecule has 0 aliphatic carbocycles. The summed E-state index contributed by atoms with van der Waals surface area (Å²) >= 11 is 0. The zero-order chi connectivity index (χ0) is 20.4. The highest BCUT2D eigenvalue weighted by Crippen LogP contribution is 2.25. The van der Waals surface area contributed by atoms with Crippen molar-refractivity contribution in [1.29, 1.82) is 0 Å². The molecule has 1 fully saturated rings. The van der Waals surface area contributed by atoms with Crippen molar-refractivity contribution in [3.63, 3.8) is 0 Å². The van der Waals surface area contributed by atoms with Crippen LogP contribution < -0.4 is 10.2 Å². The summed E-state index contributed by atoms with van der Waals surface area (Å²) in [7, 11) is 1.33. The fourth-order valence-electron chi connectivity index (χ4n) is 3.68. The van der Waals surface area contributed by atoms with Gasteiger partial charge in [0.2, 0.25) is 11.8 Å². The minimum Gasteiger partial charge on any atom is -0.465 e. The summed E-state index contributed by atoms with van der Waals surface area (Å²) < 4.78 is 6.57. The number of aromatic nitrogens is 1. The van der Waals surface area contributed by atoms with Gasteiger partial charge < -0.3 is 19.5 Å². The molecular weight excluding hydrogens is 370 g/mol. The van der Waals surface area contributed by atoms with Gasteiger partial charge in [-0.2, -0.15) is 0 Å². The van der Waals surface area contributed by atoms with Crippen LogP contribution in [0.4, 0.5) is 11.4 Å². The molecule has 2 aromatic carbocycles. The van der Waals surface area contributed by atoms with E-state index >= 15 is 0 Å². The number of benzene rings is 2. The number of anilines is 2. The molecule has 1 saturated heterocycles. The van der Waals surface area contributed by atoms with Crippen molar-refractivity contribution in [2.75, 3.05) is 23.9 Å². The topological polar surface area (TPSA) is 80.6 Å². The highest BCUT2D eigenvalue weighted by Gasteiger charge is 2.22. The standard InChI is InChI=1S/C22H21N3O4/c1-29-22(28)18-13-24(19-9-3-2-8-17(18)19)14-20(26)23-15-6-4-7-16(12-15)25-11-5-10-21(25)27/h2-4,6-9,12-13H,5,10-11,14H2,1H3,(H,23,26). The molecule has 0 atom stereocenters. The van der Waals surface area contributed by atoms with Crippen molar-refractivity contribution in [3.05, 3.63) is 60.3 Å². The molecular formula is C22H21N3O4. The lowest BCUT2D eigenvalue weighted by Crippen LogP contribution is -2.24. The van der Waals surface area contributed by atoms with Crippen LogP contribution in [0.5, 0.6) is 0 Å². The summed E-state index contributed by atoms with van der Waals surface area (Å²) in [5.41, 5.74) is 2.60. The summed E-state index contributed by atoms with van der Waals surface area (Å²) in [6, 6.07) is 14.6. The normalized spacial score (nSPS) is 13.7. The molecule has 148 valence electrons. The molecule has 2 amide bonds. The third-order valence-corrected chi connectivity index (χ3v) is 5.02. The van der Waals surface area contributed by atoms with E-state index in [1.54, 1.807) is 27.8 Å². The van der Waals surface area contributed by atoms with Gasteiger partial charge in [-0.3, -0.25) is 9.59 Å². The zero-order valence-electron chi connectivity index (χ0n) is 16.1. The second-order valence-electron chi connectivity index (χ2n) is 6.93. The number of hydrogen-bond acceptors (Lipinski definition) is 4. The number of carbonyl (C=O) groups excluding carboxylic acids is 3. The van der Waals surface area contributed by atoms with Crippen LogP contribution in [0.25, 0.3) is 10.9 Å². The molecule has 0 bridgehead atoms. The first-order chi connectivity index (χ1) is 14.1. The summed E-state index contributed by atoms with van der Waals surface area (Å²) in [4.78, 5) is 38.4. The molecule has 3 aromatic rings. The van der Waals surface area contributed by atoms with Gasteiger partial charge in [0.15, 0.2) is 0 Å². The van der Waals surface area contributed by atoms with Gasteiger partial charge in [-0.05, 0) is 30.7 Å². The Balaban J connectivity index is 1.54. The number of nitrogens with zero attached hydrogens (tertiary/aromatic N) is 2. The maximum Gasteiger partial charge on any atom is 0.340 e. The van der Waals surface area contributed by atoms with Gasteiger partial charge in [-0.1, -0.05) is 24.3 Å². The number of hydrogen-bond donors (Lipinski definition) is 1. The second-order valence-corrected chi connectivity index (χ2v) is 6.93. The SMILES string of the molecule is COC(=O)c1cn(CC(=O)Nc2cccc(N3CCCC3=O)c2)c2ccccc12. The molecule has 29 heavy (non-hydrogen) atoms. The highest BCUT2D eigenvalue weighted by atomic mass is 16.5. The first kappa shape index (κ1) is 18.7. The number of esters is 1. The number of nitrogens with one attached hydrogen (secondary N) is 1. The molecule has 1 aliphatic rings. The average Bonchev–Trinajstić information content (AvgIpc) is 3.31. The largest absolute Gasteiger partial charge is 0.465 e. The van der Waals surface area contributed by atoms with Gasteiger partial charge in [0.05, 0.1) is 12.7 Å². The van der Waals surface area contributed by atoms with Crippen molar-refractivity contribution in [2.45, 2.75) is 19.4 Å². The van der Waals surface area contributed by atoms with Crippen LogP contribution in [0.3, 0.4) is 0 Å². The average molecular weight is 391 g/mol. The molecule has 1 aromatic heterocycles. The summed E-state index contributed by atoms with van der Waals surface area (Å²) in [6.45, 7) is 0.742. The van der Waals surface area contributed by atoms with Gasteiger partial charge >= 0.3 is 5.97 Å². The summed E-state index contributed by atoms with van der Waals surface area (Å²) in [6.07, 6.45) is 3.04. The van der Waals surface area contributed by atoms with Crippen LogP contribution in [0, 0.1) is 0 Å². The van der Waals surface area contributed by atoms with E-state index in [4.69, 9.17) is 4.74 Å². The van der Waals surface area contributed by atoms with Crippen molar-refractivity contribution in [1.82, 2.24) is 4.57 Å². The Hall–Kier alpha value is -3.61. The van der Waals surface area contributed by atoms with Crippen molar-refractivity contribution in [3.8, 4) is 0 Å². The summed E-state index contributed by atoms with van der Waals surface area (Å²) in [5, 5.41) is 3.61. The Labute approximate surface area is 167 Å². The smallest absolute Gasteiger partial charge is 0.340 e. The molecule has 0 saturated carbocycles. The Morgan fingerprint density at radius 3 is 2.72 bits per heavy atom. The van der Waals surface area contributed by atoms with Crippen LogP contribution in [-0.4, -0.2) is 36.0 Å². The minimum atomic E-state index is -0.441. The first-order valence-electron chi connectivity index (χ1n) is 9.43. The molecule has 7 nitrogen and oxygen atoms in total. The Bertz CT molecular complexity index is 1100. The number of amides is 2. The quantitative estimate of drug-likeness (QED) is 0.678. The van der Waals surface area contributed by atoms with Crippen LogP contribution in [0.1, 0.15) is 23.2 Å². The van der Waals surface area contributed by atoms with E-state index in [0.717, 1.165) is 23.0 Å². The van der Waals surface area contributed by atoms with Crippen LogP contribution in [-0.2, 0) is 20.9 Å². The van der Waals surface area contributed by atoms with Crippen molar-refractivity contribution in [2.24, 2.45) is 0 Å². The first-order valence-corrected chi connectivity index (χ1v) is 9.43. The fraction of sp³-hybridized carbons (Fsp3) is 0.227. The lowest BCUT2D eigenvalue weighted by molar-refractivity contribution is -0.117. The molecule has 4 rings (SSSR count). The molecule has 2 heterocycles. The number of methoxy groups -OCH3 is 1. The second kappa shape index (κ2) is 7.79. The number of rotatable bonds is 5. The molecule has 7 heteroatoms. The van der Waals surface area contributed by atoms with Gasteiger partial charge in [0.1, 0.15) is 6.54 Å². The van der Waals surface area contributed by atoms with Gasteiger partial charge in [0.25, 0.3) is 0 Å². The lowest BCUT2D eigenvalue weighted by atomic mass is 10.2. The van der Waals surface area contributed by atoms with E-state index in [9.17, 15) is 14.4 Å². The number of ether oxygens (including phenoxy) is 1. The Morgan fingerprint density at radius 2 is 1.97 bits per heavy atom. The van der Waals surface area contributed by atoms with Gasteiger partial charge in [0, 0.05) is 41.4 Å². The van der Waals surface area contributed by atoms with Crippen LogP contribution >= 0.6 is 0 Å². The van der Waals surface area contributed by atoms with E-state index < -0.39 is 5.97 Å². The third-order valence-electron chi connectivity index (χ3n) is 5.02. The van der Waals surface area contributed by atoms with E-state index in [1.807, 2.05) is 36.4 Å². The van der Waals surface area contributed by atoms with E-state index in [2.05, 4.69) is 5.32 Å². The molecule has 1 N–H and O–H groups in total. The van der Waals surface area contributed by atoms with Gasteiger partial charge in [-0.25, -0.2) is 4.79 Å². The third kappa shape index (κ3) is 3.71. The molecule has 0 radical (unpaired) electrons. The summed E-state index contributed by atoms with van der Waals surface area (Å²) in [5.74, 6) is -0.571. The predicted molar refractivity (Wildman–Crippen MR) is 110 cm³/mol. The number of para-hydroxylation sites is 1. The zero-order valence-corrected chi connectivity index (χ0v) is 16.1.